The number of aliphatic hydroxyl groups is 1. The minimum atomic E-state index is -4.67. The molecule has 6 nitrogen and oxygen atoms in total. The highest BCUT2D eigenvalue weighted by Crippen LogP contribution is 2.30. The first-order valence-corrected chi connectivity index (χ1v) is 6.38. The molecule has 5 N–H and O–H groups in total. The van der Waals surface area contributed by atoms with Crippen LogP contribution in [0.3, 0.4) is 0 Å². The predicted octanol–water partition coefficient (Wildman–Crippen LogP) is 1.99. The number of nitrogen functional groups attached to an aromatic ring is 1. The van der Waals surface area contributed by atoms with Crippen molar-refractivity contribution in [3.63, 3.8) is 0 Å². The van der Waals surface area contributed by atoms with Crippen LogP contribution < -0.4 is 16.6 Å². The van der Waals surface area contributed by atoms with Crippen molar-refractivity contribution in [1.29, 1.82) is 0 Å². The smallest absolute Gasteiger partial charge is 0.396 e. The minimum Gasteiger partial charge on any atom is -0.396 e. The molecule has 0 bridgehead atoms. The summed E-state index contributed by atoms with van der Waals surface area (Å²) in [4.78, 5) is 6.74. The van der Waals surface area contributed by atoms with Gasteiger partial charge in [-0.05, 0) is 11.8 Å². The van der Waals surface area contributed by atoms with Gasteiger partial charge in [-0.25, -0.2) is 15.8 Å². The summed E-state index contributed by atoms with van der Waals surface area (Å²) >= 11 is 0. The summed E-state index contributed by atoms with van der Waals surface area (Å²) in [6.45, 7) is 5.64. The Balaban J connectivity index is 3.11. The number of alkyl halides is 3. The third-order valence-electron chi connectivity index (χ3n) is 2.91. The van der Waals surface area contributed by atoms with Crippen LogP contribution in [0.4, 0.5) is 24.8 Å². The fourth-order valence-electron chi connectivity index (χ4n) is 1.75. The maximum absolute atomic E-state index is 12.7. The molecule has 1 heterocycles. The molecule has 9 heteroatoms. The van der Waals surface area contributed by atoms with Gasteiger partial charge in [0.15, 0.2) is 0 Å². The van der Waals surface area contributed by atoms with Gasteiger partial charge in [-0.2, -0.15) is 13.2 Å². The Morgan fingerprint density at radius 2 is 1.81 bits per heavy atom. The summed E-state index contributed by atoms with van der Waals surface area (Å²) < 4.78 is 38.2. The van der Waals surface area contributed by atoms with E-state index >= 15 is 0 Å². The van der Waals surface area contributed by atoms with Crippen LogP contribution in [-0.2, 0) is 6.18 Å². The summed E-state index contributed by atoms with van der Waals surface area (Å²) in [5.41, 5.74) is 1.81. The van der Waals surface area contributed by atoms with Gasteiger partial charge in [0.1, 0.15) is 11.6 Å². The predicted molar refractivity (Wildman–Crippen MR) is 73.4 cm³/mol. The standard InChI is InChI=1S/C12H20F3N5O/c1-11(2,3)7(4-5-21)17-8-6-9(20-16)19-10(18-8)12(13,14)15/h6-7,21H,4-5,16H2,1-3H3,(H2,17,18,19,20). The summed E-state index contributed by atoms with van der Waals surface area (Å²) in [6, 6.07) is 1.02. The lowest BCUT2D eigenvalue weighted by Gasteiger charge is -2.31. The van der Waals surface area contributed by atoms with Gasteiger partial charge in [0.05, 0.1) is 0 Å². The number of aromatic nitrogens is 2. The van der Waals surface area contributed by atoms with Gasteiger partial charge in [0.2, 0.25) is 5.82 Å². The molecule has 1 unspecified atom stereocenters. The van der Waals surface area contributed by atoms with Crippen molar-refractivity contribution in [3.8, 4) is 0 Å². The van der Waals surface area contributed by atoms with E-state index in [1.165, 1.54) is 6.07 Å². The highest BCUT2D eigenvalue weighted by atomic mass is 19.4. The summed E-state index contributed by atoms with van der Waals surface area (Å²) in [7, 11) is 0. The van der Waals surface area contributed by atoms with Crippen molar-refractivity contribution in [3.05, 3.63) is 11.9 Å². The lowest BCUT2D eigenvalue weighted by atomic mass is 9.85. The number of hydrogen-bond donors (Lipinski definition) is 4. The molecule has 0 aliphatic carbocycles. The maximum Gasteiger partial charge on any atom is 0.451 e. The van der Waals surface area contributed by atoms with E-state index in [9.17, 15) is 13.2 Å². The van der Waals surface area contributed by atoms with Gasteiger partial charge in [-0.15, -0.1) is 0 Å². The second kappa shape index (κ2) is 6.44. The Bertz CT molecular complexity index is 473. The molecule has 0 amide bonds. The Labute approximate surface area is 120 Å². The third kappa shape index (κ3) is 5.01. The Kier molecular flexibility index (Phi) is 5.35. The maximum atomic E-state index is 12.7. The van der Waals surface area contributed by atoms with E-state index < -0.39 is 12.0 Å². The molecule has 0 aliphatic rings. The average molecular weight is 307 g/mol. The number of nitrogens with two attached hydrogens (primary N) is 1. The zero-order chi connectivity index (χ0) is 16.3. The molecule has 0 saturated carbocycles. The van der Waals surface area contributed by atoms with E-state index in [2.05, 4.69) is 20.7 Å². The first kappa shape index (κ1) is 17.4. The quantitative estimate of drug-likeness (QED) is 0.491. The zero-order valence-corrected chi connectivity index (χ0v) is 12.1. The van der Waals surface area contributed by atoms with Crippen LogP contribution in [-0.4, -0.2) is 27.7 Å². The minimum absolute atomic E-state index is 0.00125. The van der Waals surface area contributed by atoms with Crippen molar-refractivity contribution in [2.45, 2.75) is 39.4 Å². The number of hydrogen-bond acceptors (Lipinski definition) is 6. The first-order valence-electron chi connectivity index (χ1n) is 6.38. The van der Waals surface area contributed by atoms with Crippen molar-refractivity contribution in [1.82, 2.24) is 9.97 Å². The van der Waals surface area contributed by atoms with Crippen LogP contribution >= 0.6 is 0 Å². The van der Waals surface area contributed by atoms with Crippen molar-refractivity contribution in [2.75, 3.05) is 17.3 Å². The Hall–Kier alpha value is -1.61. The fourth-order valence-corrected chi connectivity index (χ4v) is 1.75. The number of nitrogens with zero attached hydrogens (tertiary/aromatic N) is 2. The van der Waals surface area contributed by atoms with Crippen molar-refractivity contribution in [2.24, 2.45) is 11.3 Å². The molecule has 0 fully saturated rings. The molecule has 120 valence electrons. The summed E-state index contributed by atoms with van der Waals surface area (Å²) in [5, 5.41) is 12.0. The van der Waals surface area contributed by atoms with Crippen LogP contribution in [0.25, 0.3) is 0 Å². The van der Waals surface area contributed by atoms with Gasteiger partial charge in [-0.1, -0.05) is 20.8 Å². The van der Waals surface area contributed by atoms with Crippen LogP contribution in [0.1, 0.15) is 33.0 Å². The molecule has 0 aromatic carbocycles. The number of rotatable bonds is 5. The molecular formula is C12H20F3N5O. The van der Waals surface area contributed by atoms with Gasteiger partial charge < -0.3 is 15.8 Å². The van der Waals surface area contributed by atoms with E-state index in [0.29, 0.717) is 6.42 Å². The summed E-state index contributed by atoms with van der Waals surface area (Å²) in [6.07, 6.45) is -4.29. The van der Waals surface area contributed by atoms with E-state index in [1.807, 2.05) is 20.8 Å². The van der Waals surface area contributed by atoms with E-state index in [-0.39, 0.29) is 29.7 Å². The van der Waals surface area contributed by atoms with Crippen LogP contribution in [0, 0.1) is 5.41 Å². The zero-order valence-electron chi connectivity index (χ0n) is 12.1. The lowest BCUT2D eigenvalue weighted by molar-refractivity contribution is -0.144. The van der Waals surface area contributed by atoms with Crippen LogP contribution in [0.5, 0.6) is 0 Å². The number of anilines is 2. The number of nitrogens with one attached hydrogen (secondary N) is 2. The van der Waals surface area contributed by atoms with Gasteiger partial charge in [0, 0.05) is 18.7 Å². The van der Waals surface area contributed by atoms with Crippen molar-refractivity contribution < 1.29 is 18.3 Å². The molecule has 1 atom stereocenters. The topological polar surface area (TPSA) is 96.1 Å². The van der Waals surface area contributed by atoms with Crippen LogP contribution in [0.15, 0.2) is 6.07 Å². The Morgan fingerprint density at radius 3 is 2.24 bits per heavy atom. The largest absolute Gasteiger partial charge is 0.451 e. The highest BCUT2D eigenvalue weighted by Gasteiger charge is 2.36. The second-order valence-electron chi connectivity index (χ2n) is 5.68. The second-order valence-corrected chi connectivity index (χ2v) is 5.68. The monoisotopic (exact) mass is 307 g/mol. The highest BCUT2D eigenvalue weighted by molar-refractivity contribution is 5.48. The fraction of sp³-hybridized carbons (Fsp3) is 0.667. The Morgan fingerprint density at radius 1 is 1.24 bits per heavy atom. The van der Waals surface area contributed by atoms with Crippen LogP contribution in [0.2, 0.25) is 0 Å². The molecular weight excluding hydrogens is 287 g/mol. The van der Waals surface area contributed by atoms with E-state index in [1.54, 1.807) is 0 Å². The molecule has 0 aliphatic heterocycles. The molecule has 1 rings (SSSR count). The molecule has 0 spiro atoms. The molecule has 1 aromatic heterocycles. The van der Waals surface area contributed by atoms with Gasteiger partial charge in [0.25, 0.3) is 0 Å². The van der Waals surface area contributed by atoms with E-state index in [4.69, 9.17) is 10.9 Å². The van der Waals surface area contributed by atoms with Gasteiger partial charge in [-0.3, -0.25) is 0 Å². The number of aliphatic hydroxyl groups excluding tert-OH is 1. The number of halogens is 3. The third-order valence-corrected chi connectivity index (χ3v) is 2.91. The molecule has 0 radical (unpaired) electrons. The van der Waals surface area contributed by atoms with E-state index in [0.717, 1.165) is 0 Å². The summed E-state index contributed by atoms with van der Waals surface area (Å²) in [5.74, 6) is 3.71. The lowest BCUT2D eigenvalue weighted by Crippen LogP contribution is -2.35. The van der Waals surface area contributed by atoms with Crippen molar-refractivity contribution >= 4 is 11.6 Å². The first-order chi connectivity index (χ1) is 9.57. The van der Waals surface area contributed by atoms with Gasteiger partial charge >= 0.3 is 6.18 Å². The number of hydrazine groups is 1. The SMILES string of the molecule is CC(C)(C)C(CCO)Nc1cc(NN)nc(C(F)(F)F)n1. The molecule has 1 aromatic rings. The molecule has 21 heavy (non-hydrogen) atoms. The average Bonchev–Trinajstić information content (AvgIpc) is 2.35. The normalized spacial score (nSPS) is 13.9. The molecule has 0 saturated heterocycles.